The van der Waals surface area contributed by atoms with Crippen molar-refractivity contribution in [2.45, 2.75) is 6.92 Å². The molecule has 0 spiro atoms. The third-order valence-electron chi connectivity index (χ3n) is 4.00. The van der Waals surface area contributed by atoms with E-state index in [2.05, 4.69) is 31.5 Å². The van der Waals surface area contributed by atoms with Gasteiger partial charge < -0.3 is 10.6 Å². The minimum Gasteiger partial charge on any atom is -0.355 e. The number of aryl methyl sites for hydroxylation is 1. The lowest BCUT2D eigenvalue weighted by Crippen LogP contribution is -2.23. The minimum atomic E-state index is -0.428. The molecule has 0 bridgehead atoms. The maximum absolute atomic E-state index is 13.0. The smallest absolute Gasteiger partial charge is 0.272 e. The monoisotopic (exact) mass is 480 g/mol. The Morgan fingerprint density at radius 3 is 2.61 bits per heavy atom. The number of benzene rings is 1. The van der Waals surface area contributed by atoms with Gasteiger partial charge in [-0.05, 0) is 58.7 Å². The van der Waals surface area contributed by atoms with Gasteiger partial charge in [0.05, 0.1) is 16.3 Å². The van der Waals surface area contributed by atoms with E-state index in [9.17, 15) is 9.59 Å². The molecule has 2 amide bonds. The van der Waals surface area contributed by atoms with Gasteiger partial charge in [0, 0.05) is 28.9 Å². The molecule has 0 atom stereocenters. The fraction of sp³-hybridized carbons (Fsp3) is 0.105. The van der Waals surface area contributed by atoms with Crippen molar-refractivity contribution < 1.29 is 9.59 Å². The molecule has 0 radical (unpaired) electrons. The first kappa shape index (κ1) is 20.4. The first-order valence-electron chi connectivity index (χ1n) is 8.14. The second-order valence-electron chi connectivity index (χ2n) is 5.90. The van der Waals surface area contributed by atoms with Crippen molar-refractivity contribution in [3.8, 4) is 5.82 Å². The minimum absolute atomic E-state index is 0.272. The quantitative estimate of drug-likeness (QED) is 0.558. The van der Waals surface area contributed by atoms with Gasteiger partial charge in [-0.1, -0.05) is 23.2 Å². The predicted octanol–water partition coefficient (Wildman–Crippen LogP) is 4.86. The Hall–Kier alpha value is -2.35. The molecular weight excluding hydrogens is 467 g/mol. The topological polar surface area (TPSA) is 76.0 Å². The number of carbonyl (C=O) groups excluding carboxylic acids is 2. The van der Waals surface area contributed by atoms with Crippen LogP contribution in [0.2, 0.25) is 10.0 Å². The fourth-order valence-electron chi connectivity index (χ4n) is 2.74. The molecule has 2 aromatic heterocycles. The van der Waals surface area contributed by atoms with Crippen LogP contribution in [0.25, 0.3) is 5.82 Å². The zero-order valence-corrected chi connectivity index (χ0v) is 18.0. The van der Waals surface area contributed by atoms with Crippen molar-refractivity contribution in [2.75, 3.05) is 12.4 Å². The Morgan fingerprint density at radius 2 is 1.93 bits per heavy atom. The molecule has 0 saturated carbocycles. The van der Waals surface area contributed by atoms with E-state index in [-0.39, 0.29) is 11.5 Å². The molecular formula is C19H15BrCl2N4O2. The Balaban J connectivity index is 2.05. The molecule has 3 rings (SSSR count). The summed E-state index contributed by atoms with van der Waals surface area (Å²) in [6, 6.07) is 8.22. The summed E-state index contributed by atoms with van der Waals surface area (Å²) in [5.74, 6) is -0.368. The summed E-state index contributed by atoms with van der Waals surface area (Å²) >= 11 is 15.7. The molecule has 0 aliphatic rings. The number of hydrogen-bond donors (Lipinski definition) is 2. The number of anilines is 1. The predicted molar refractivity (Wildman–Crippen MR) is 114 cm³/mol. The largest absolute Gasteiger partial charge is 0.355 e. The zero-order chi connectivity index (χ0) is 20.4. The molecule has 1 aromatic carbocycles. The summed E-state index contributed by atoms with van der Waals surface area (Å²) < 4.78 is 2.26. The molecule has 6 nitrogen and oxygen atoms in total. The molecule has 0 aliphatic carbocycles. The van der Waals surface area contributed by atoms with E-state index < -0.39 is 5.91 Å². The summed E-state index contributed by atoms with van der Waals surface area (Å²) in [7, 11) is 1.51. The van der Waals surface area contributed by atoms with E-state index in [4.69, 9.17) is 23.2 Å². The van der Waals surface area contributed by atoms with Crippen molar-refractivity contribution in [3.05, 3.63) is 74.1 Å². The van der Waals surface area contributed by atoms with E-state index in [1.165, 1.54) is 13.1 Å². The average Bonchev–Trinajstić information content (AvgIpc) is 3.05. The SMILES string of the molecule is CNC(=O)c1cc(Cl)cc(C)c1NC(=O)c1cc(Br)cn1-c1ncccc1Cl. The first-order valence-corrected chi connectivity index (χ1v) is 9.69. The molecule has 3 aromatic rings. The number of rotatable bonds is 4. The number of halogens is 3. The lowest BCUT2D eigenvalue weighted by Gasteiger charge is -2.15. The van der Waals surface area contributed by atoms with Crippen LogP contribution in [-0.2, 0) is 0 Å². The second-order valence-corrected chi connectivity index (χ2v) is 7.66. The van der Waals surface area contributed by atoms with E-state index in [0.29, 0.717) is 37.3 Å². The van der Waals surface area contributed by atoms with Gasteiger partial charge in [-0.2, -0.15) is 0 Å². The molecule has 9 heteroatoms. The molecule has 0 aliphatic heterocycles. The number of hydrogen-bond acceptors (Lipinski definition) is 3. The van der Waals surface area contributed by atoms with Crippen molar-refractivity contribution in [1.82, 2.24) is 14.9 Å². The number of aromatic nitrogens is 2. The van der Waals surface area contributed by atoms with Gasteiger partial charge >= 0.3 is 0 Å². The molecule has 0 fully saturated rings. The van der Waals surface area contributed by atoms with E-state index in [1.807, 2.05) is 0 Å². The Kier molecular flexibility index (Phi) is 6.07. The molecule has 2 heterocycles. The molecule has 0 unspecified atom stereocenters. The fourth-order valence-corrected chi connectivity index (χ4v) is 3.64. The van der Waals surface area contributed by atoms with Crippen molar-refractivity contribution in [1.29, 1.82) is 0 Å². The number of pyridine rings is 1. The van der Waals surface area contributed by atoms with Gasteiger partial charge in [-0.15, -0.1) is 0 Å². The number of carbonyl (C=O) groups is 2. The Labute approximate surface area is 180 Å². The first-order chi connectivity index (χ1) is 13.3. The standard InChI is InChI=1S/C19H15BrCl2N4O2/c1-10-6-12(21)8-13(18(27)23-2)16(10)25-19(28)15-7-11(20)9-26(15)17-14(22)4-3-5-24-17/h3-9H,1-2H3,(H,23,27)(H,25,28). The van der Waals surface area contributed by atoms with E-state index >= 15 is 0 Å². The van der Waals surface area contributed by atoms with Gasteiger partial charge in [0.1, 0.15) is 5.69 Å². The van der Waals surface area contributed by atoms with Crippen molar-refractivity contribution in [3.63, 3.8) is 0 Å². The summed E-state index contributed by atoms with van der Waals surface area (Å²) in [6.45, 7) is 1.76. The summed E-state index contributed by atoms with van der Waals surface area (Å²) in [6.07, 6.45) is 3.28. The molecule has 144 valence electrons. The van der Waals surface area contributed by atoms with Crippen molar-refractivity contribution >= 4 is 56.6 Å². The lowest BCUT2D eigenvalue weighted by molar-refractivity contribution is 0.0964. The highest BCUT2D eigenvalue weighted by molar-refractivity contribution is 9.10. The molecule has 28 heavy (non-hydrogen) atoms. The Bertz CT molecular complexity index is 1080. The highest BCUT2D eigenvalue weighted by Gasteiger charge is 2.21. The van der Waals surface area contributed by atoms with E-state index in [1.54, 1.807) is 48.1 Å². The van der Waals surface area contributed by atoms with Crippen LogP contribution in [0.5, 0.6) is 0 Å². The normalized spacial score (nSPS) is 10.6. The van der Waals surface area contributed by atoms with E-state index in [0.717, 1.165) is 0 Å². The van der Waals surface area contributed by atoms with Crippen LogP contribution in [0.4, 0.5) is 5.69 Å². The molecule has 2 N–H and O–H groups in total. The van der Waals surface area contributed by atoms with Crippen LogP contribution >= 0.6 is 39.1 Å². The maximum Gasteiger partial charge on any atom is 0.272 e. The second kappa shape index (κ2) is 8.34. The third-order valence-corrected chi connectivity index (χ3v) is 4.94. The van der Waals surface area contributed by atoms with Crippen LogP contribution in [-0.4, -0.2) is 28.4 Å². The third kappa shape index (κ3) is 4.06. The van der Waals surface area contributed by atoms with Gasteiger partial charge in [-0.3, -0.25) is 14.2 Å². The highest BCUT2D eigenvalue weighted by atomic mass is 79.9. The maximum atomic E-state index is 13.0. The summed E-state index contributed by atoms with van der Waals surface area (Å²) in [4.78, 5) is 29.5. The van der Waals surface area contributed by atoms with Gasteiger partial charge in [0.25, 0.3) is 11.8 Å². The van der Waals surface area contributed by atoms with Crippen LogP contribution in [0.15, 0.2) is 47.2 Å². The zero-order valence-electron chi connectivity index (χ0n) is 14.9. The summed E-state index contributed by atoms with van der Waals surface area (Å²) in [5, 5.41) is 6.16. The highest BCUT2D eigenvalue weighted by Crippen LogP contribution is 2.28. The van der Waals surface area contributed by atoms with Crippen molar-refractivity contribution in [2.24, 2.45) is 0 Å². The van der Waals surface area contributed by atoms with Crippen LogP contribution in [0.1, 0.15) is 26.4 Å². The van der Waals surface area contributed by atoms with Crippen LogP contribution in [0.3, 0.4) is 0 Å². The van der Waals surface area contributed by atoms with Crippen LogP contribution in [0, 0.1) is 6.92 Å². The number of nitrogens with zero attached hydrogens (tertiary/aromatic N) is 2. The summed E-state index contributed by atoms with van der Waals surface area (Å²) in [5.41, 5.74) is 1.61. The van der Waals surface area contributed by atoms with Crippen LogP contribution < -0.4 is 10.6 Å². The van der Waals surface area contributed by atoms with Gasteiger partial charge in [0.15, 0.2) is 5.82 Å². The number of nitrogens with one attached hydrogen (secondary N) is 2. The molecule has 0 saturated heterocycles. The van der Waals surface area contributed by atoms with Gasteiger partial charge in [-0.25, -0.2) is 4.98 Å². The average molecular weight is 482 g/mol. The number of amides is 2. The Morgan fingerprint density at radius 1 is 1.18 bits per heavy atom. The van der Waals surface area contributed by atoms with Gasteiger partial charge in [0.2, 0.25) is 0 Å². The lowest BCUT2D eigenvalue weighted by atomic mass is 10.1.